The van der Waals surface area contributed by atoms with Crippen LogP contribution >= 0.6 is 0 Å². The van der Waals surface area contributed by atoms with Crippen molar-refractivity contribution in [3.8, 4) is 0 Å². The molecule has 3 nitrogen and oxygen atoms in total. The molecule has 1 rings (SSSR count). The first kappa shape index (κ1) is 14.3. The number of carbonyl (C=O) groups excluding carboxylic acids is 1. The first-order chi connectivity index (χ1) is 7.78. The summed E-state index contributed by atoms with van der Waals surface area (Å²) in [6.07, 6.45) is -2.33. The van der Waals surface area contributed by atoms with Crippen molar-refractivity contribution in [3.05, 3.63) is 0 Å². The fraction of sp³-hybridized carbons (Fsp3) is 0.909. The quantitative estimate of drug-likeness (QED) is 0.806. The highest BCUT2D eigenvalue weighted by atomic mass is 19.4. The third kappa shape index (κ3) is 5.39. The van der Waals surface area contributed by atoms with Gasteiger partial charge in [-0.1, -0.05) is 0 Å². The topological polar surface area (TPSA) is 55.1 Å². The summed E-state index contributed by atoms with van der Waals surface area (Å²) in [5, 5.41) is 2.42. The number of nitrogens with one attached hydrogen (secondary N) is 1. The molecule has 1 saturated carbocycles. The molecule has 0 aromatic rings. The number of hydrogen-bond acceptors (Lipinski definition) is 2. The summed E-state index contributed by atoms with van der Waals surface area (Å²) in [5.74, 6) is -0.445. The largest absolute Gasteiger partial charge is 0.391 e. The van der Waals surface area contributed by atoms with Crippen LogP contribution in [0.25, 0.3) is 0 Å². The molecule has 0 spiro atoms. The molecule has 0 bridgehead atoms. The van der Waals surface area contributed by atoms with Crippen LogP contribution in [0.15, 0.2) is 0 Å². The summed E-state index contributed by atoms with van der Waals surface area (Å²) in [6, 6.07) is -0.732. The Bertz CT molecular complexity index is 260. The molecule has 17 heavy (non-hydrogen) atoms. The lowest BCUT2D eigenvalue weighted by Gasteiger charge is -2.26. The van der Waals surface area contributed by atoms with Crippen LogP contribution in [-0.4, -0.2) is 24.2 Å². The minimum absolute atomic E-state index is 0.131. The van der Waals surface area contributed by atoms with Gasteiger partial charge in [0.05, 0.1) is 6.42 Å². The van der Waals surface area contributed by atoms with E-state index >= 15 is 0 Å². The van der Waals surface area contributed by atoms with E-state index in [4.69, 9.17) is 5.73 Å². The van der Waals surface area contributed by atoms with Crippen molar-refractivity contribution in [1.82, 2.24) is 5.32 Å². The van der Waals surface area contributed by atoms with Gasteiger partial charge in [0.1, 0.15) is 0 Å². The highest BCUT2D eigenvalue weighted by Gasteiger charge is 2.32. The van der Waals surface area contributed by atoms with Crippen molar-refractivity contribution in [2.45, 2.75) is 57.3 Å². The van der Waals surface area contributed by atoms with Crippen molar-refractivity contribution in [1.29, 1.82) is 0 Å². The van der Waals surface area contributed by atoms with E-state index in [2.05, 4.69) is 5.32 Å². The van der Waals surface area contributed by atoms with Crippen LogP contribution in [0.3, 0.4) is 0 Å². The average molecular weight is 252 g/mol. The van der Waals surface area contributed by atoms with Gasteiger partial charge in [0.25, 0.3) is 0 Å². The van der Waals surface area contributed by atoms with Gasteiger partial charge in [0, 0.05) is 18.0 Å². The second-order valence-electron chi connectivity index (χ2n) is 4.84. The van der Waals surface area contributed by atoms with E-state index in [-0.39, 0.29) is 17.9 Å². The minimum Gasteiger partial charge on any atom is -0.353 e. The maximum atomic E-state index is 12.1. The standard InChI is InChI=1S/C11H19F3N2O/c1-7(6-11(12,13)14)16-10(17)8-2-4-9(15)5-3-8/h7-9H,2-6,15H2,1H3,(H,16,17). The number of hydrogen-bond donors (Lipinski definition) is 2. The molecule has 1 aliphatic carbocycles. The highest BCUT2D eigenvalue weighted by molar-refractivity contribution is 5.79. The molecule has 0 aromatic carbocycles. The normalized spacial score (nSPS) is 27.6. The highest BCUT2D eigenvalue weighted by Crippen LogP contribution is 2.25. The zero-order valence-corrected chi connectivity index (χ0v) is 9.89. The van der Waals surface area contributed by atoms with E-state index in [0.29, 0.717) is 12.8 Å². The van der Waals surface area contributed by atoms with Crippen molar-refractivity contribution in [3.63, 3.8) is 0 Å². The molecule has 0 heterocycles. The van der Waals surface area contributed by atoms with Gasteiger partial charge in [-0.05, 0) is 32.6 Å². The number of nitrogens with two attached hydrogens (primary N) is 1. The van der Waals surface area contributed by atoms with E-state index in [1.165, 1.54) is 6.92 Å². The monoisotopic (exact) mass is 252 g/mol. The Kier molecular flexibility index (Phi) is 4.80. The van der Waals surface area contributed by atoms with Crippen LogP contribution in [0, 0.1) is 5.92 Å². The zero-order chi connectivity index (χ0) is 13.1. The summed E-state index contributed by atoms with van der Waals surface area (Å²) < 4.78 is 36.2. The molecule has 0 aliphatic heterocycles. The third-order valence-corrected chi connectivity index (χ3v) is 3.07. The smallest absolute Gasteiger partial charge is 0.353 e. The number of alkyl halides is 3. The lowest BCUT2D eigenvalue weighted by Crippen LogP contribution is -2.41. The van der Waals surface area contributed by atoms with Gasteiger partial charge in [-0.3, -0.25) is 4.79 Å². The van der Waals surface area contributed by atoms with Crippen LogP contribution < -0.4 is 11.1 Å². The van der Waals surface area contributed by atoms with Crippen molar-refractivity contribution < 1.29 is 18.0 Å². The number of amides is 1. The zero-order valence-electron chi connectivity index (χ0n) is 9.89. The third-order valence-electron chi connectivity index (χ3n) is 3.07. The molecule has 1 aliphatic rings. The Morgan fingerprint density at radius 1 is 1.35 bits per heavy atom. The summed E-state index contributed by atoms with van der Waals surface area (Å²) in [6.45, 7) is 1.37. The van der Waals surface area contributed by atoms with Crippen molar-refractivity contribution in [2.75, 3.05) is 0 Å². The van der Waals surface area contributed by atoms with Crippen LogP contribution in [0.1, 0.15) is 39.0 Å². The molecule has 0 aromatic heterocycles. The molecule has 100 valence electrons. The van der Waals surface area contributed by atoms with E-state index in [9.17, 15) is 18.0 Å². The number of rotatable bonds is 3. The van der Waals surface area contributed by atoms with Crippen LogP contribution in [0.4, 0.5) is 13.2 Å². The fourth-order valence-electron chi connectivity index (χ4n) is 2.14. The molecular formula is C11H19F3N2O. The number of halogens is 3. The molecule has 6 heteroatoms. The molecule has 3 N–H and O–H groups in total. The fourth-order valence-corrected chi connectivity index (χ4v) is 2.14. The van der Waals surface area contributed by atoms with Crippen molar-refractivity contribution in [2.24, 2.45) is 11.7 Å². The molecule has 1 amide bonds. The van der Waals surface area contributed by atoms with E-state index in [1.807, 2.05) is 0 Å². The van der Waals surface area contributed by atoms with Crippen LogP contribution in [-0.2, 0) is 4.79 Å². The number of carbonyl (C=O) groups is 1. The minimum atomic E-state index is -4.23. The van der Waals surface area contributed by atoms with Gasteiger partial charge < -0.3 is 11.1 Å². The Labute approximate surface area is 98.9 Å². The lowest BCUT2D eigenvalue weighted by atomic mass is 9.86. The van der Waals surface area contributed by atoms with Crippen LogP contribution in [0.2, 0.25) is 0 Å². The maximum Gasteiger partial charge on any atom is 0.391 e. The predicted molar refractivity (Wildman–Crippen MR) is 58.2 cm³/mol. The molecular weight excluding hydrogens is 233 g/mol. The Morgan fingerprint density at radius 3 is 2.35 bits per heavy atom. The Hall–Kier alpha value is -0.780. The van der Waals surface area contributed by atoms with E-state index in [0.717, 1.165) is 12.8 Å². The second-order valence-corrected chi connectivity index (χ2v) is 4.84. The van der Waals surface area contributed by atoms with Gasteiger partial charge in [0.2, 0.25) is 5.91 Å². The first-order valence-corrected chi connectivity index (χ1v) is 5.90. The SMILES string of the molecule is CC(CC(F)(F)F)NC(=O)C1CCC(N)CC1. The summed E-state index contributed by atoms with van der Waals surface area (Å²) in [4.78, 5) is 11.7. The second kappa shape index (κ2) is 5.71. The van der Waals surface area contributed by atoms with E-state index in [1.54, 1.807) is 0 Å². The molecule has 1 unspecified atom stereocenters. The molecule has 1 atom stereocenters. The first-order valence-electron chi connectivity index (χ1n) is 5.90. The van der Waals surface area contributed by atoms with Gasteiger partial charge in [-0.25, -0.2) is 0 Å². The van der Waals surface area contributed by atoms with Crippen molar-refractivity contribution >= 4 is 5.91 Å². The Morgan fingerprint density at radius 2 is 1.88 bits per heavy atom. The molecule has 1 fully saturated rings. The Balaban J connectivity index is 2.33. The van der Waals surface area contributed by atoms with Gasteiger partial charge in [-0.15, -0.1) is 0 Å². The predicted octanol–water partition coefficient (Wildman–Crippen LogP) is 1.96. The van der Waals surface area contributed by atoms with Gasteiger partial charge >= 0.3 is 6.18 Å². The maximum absolute atomic E-state index is 12.1. The van der Waals surface area contributed by atoms with Gasteiger partial charge in [-0.2, -0.15) is 13.2 Å². The average Bonchev–Trinajstić information content (AvgIpc) is 2.15. The molecule has 0 radical (unpaired) electrons. The summed E-state index contributed by atoms with van der Waals surface area (Å²) in [7, 11) is 0. The summed E-state index contributed by atoms with van der Waals surface area (Å²) >= 11 is 0. The summed E-state index contributed by atoms with van der Waals surface area (Å²) in [5.41, 5.74) is 5.70. The van der Waals surface area contributed by atoms with E-state index < -0.39 is 18.6 Å². The molecule has 0 saturated heterocycles. The van der Waals surface area contributed by atoms with Crippen LogP contribution in [0.5, 0.6) is 0 Å². The lowest BCUT2D eigenvalue weighted by molar-refractivity contribution is -0.142. The van der Waals surface area contributed by atoms with Gasteiger partial charge in [0.15, 0.2) is 0 Å².